The fourth-order valence-corrected chi connectivity index (χ4v) is 3.56. The molecule has 0 unspecified atom stereocenters. The second-order valence-corrected chi connectivity index (χ2v) is 7.01. The van der Waals surface area contributed by atoms with E-state index in [0.29, 0.717) is 26.2 Å². The van der Waals surface area contributed by atoms with Gasteiger partial charge in [0.05, 0.1) is 13.2 Å². The van der Waals surface area contributed by atoms with Gasteiger partial charge in [0.1, 0.15) is 0 Å². The van der Waals surface area contributed by atoms with Gasteiger partial charge in [0.15, 0.2) is 11.5 Å². The van der Waals surface area contributed by atoms with E-state index in [2.05, 4.69) is 18.2 Å². The Morgan fingerprint density at radius 3 is 2.75 bits per heavy atom. The maximum Gasteiger partial charge on any atom is 0.231 e. The second-order valence-electron chi connectivity index (χ2n) is 7.01. The Labute approximate surface area is 165 Å². The minimum atomic E-state index is 0.206. The van der Waals surface area contributed by atoms with Crippen LogP contribution in [0.3, 0.4) is 0 Å². The van der Waals surface area contributed by atoms with Crippen LogP contribution in [0, 0.1) is 0 Å². The molecular formula is C23H25NO4. The Bertz CT molecular complexity index is 847. The van der Waals surface area contributed by atoms with Gasteiger partial charge in [0.25, 0.3) is 0 Å². The molecule has 2 aromatic carbocycles. The van der Waals surface area contributed by atoms with Crippen LogP contribution in [-0.4, -0.2) is 30.8 Å². The van der Waals surface area contributed by atoms with Gasteiger partial charge in [0.2, 0.25) is 12.7 Å². The van der Waals surface area contributed by atoms with Gasteiger partial charge in [-0.25, -0.2) is 0 Å². The first-order chi connectivity index (χ1) is 13.8. The second kappa shape index (κ2) is 8.93. The van der Waals surface area contributed by atoms with Crippen LogP contribution >= 0.6 is 0 Å². The van der Waals surface area contributed by atoms with Crippen LogP contribution in [0.25, 0.3) is 0 Å². The van der Waals surface area contributed by atoms with Crippen LogP contribution in [0.1, 0.15) is 30.4 Å². The topological polar surface area (TPSA) is 48.0 Å². The van der Waals surface area contributed by atoms with E-state index in [1.54, 1.807) is 0 Å². The quantitative estimate of drug-likeness (QED) is 0.649. The van der Waals surface area contributed by atoms with Crippen molar-refractivity contribution in [3.8, 4) is 11.5 Å². The molecule has 2 heterocycles. The lowest BCUT2D eigenvalue weighted by molar-refractivity contribution is -0.126. The monoisotopic (exact) mass is 379 g/mol. The molecule has 0 aliphatic carbocycles. The molecule has 0 radical (unpaired) electrons. The van der Waals surface area contributed by atoms with E-state index in [9.17, 15) is 4.79 Å². The Balaban J connectivity index is 1.26. The van der Waals surface area contributed by atoms with E-state index in [0.717, 1.165) is 42.0 Å². The fraction of sp³-hybridized carbons (Fsp3) is 0.348. The molecule has 5 nitrogen and oxygen atoms in total. The van der Waals surface area contributed by atoms with E-state index in [-0.39, 0.29) is 12.7 Å². The molecule has 0 saturated carbocycles. The van der Waals surface area contributed by atoms with E-state index in [4.69, 9.17) is 14.2 Å². The number of fused-ring (bicyclic) bond motifs is 1. The maximum absolute atomic E-state index is 12.3. The largest absolute Gasteiger partial charge is 0.454 e. The first-order valence-electron chi connectivity index (χ1n) is 9.79. The number of hydrogen-bond donors (Lipinski definition) is 0. The van der Waals surface area contributed by atoms with Crippen molar-refractivity contribution in [3.05, 3.63) is 71.4 Å². The molecule has 146 valence electrons. The first-order valence-corrected chi connectivity index (χ1v) is 9.79. The molecule has 4 rings (SSSR count). The zero-order valence-corrected chi connectivity index (χ0v) is 15.9. The van der Waals surface area contributed by atoms with E-state index in [1.165, 1.54) is 5.56 Å². The number of ether oxygens (including phenoxy) is 3. The van der Waals surface area contributed by atoms with Crippen molar-refractivity contribution in [2.24, 2.45) is 0 Å². The predicted octanol–water partition coefficient (Wildman–Crippen LogP) is 4.07. The molecule has 1 amide bonds. The van der Waals surface area contributed by atoms with E-state index < -0.39 is 0 Å². The van der Waals surface area contributed by atoms with Gasteiger partial charge in [-0.05, 0) is 42.5 Å². The molecule has 1 fully saturated rings. The van der Waals surface area contributed by atoms with Gasteiger partial charge in [-0.3, -0.25) is 4.79 Å². The molecule has 0 bridgehead atoms. The lowest BCUT2D eigenvalue weighted by atomic mass is 10.1. The summed E-state index contributed by atoms with van der Waals surface area (Å²) in [6.45, 7) is 2.25. The number of carbonyl (C=O) groups is 1. The highest BCUT2D eigenvalue weighted by molar-refractivity contribution is 5.81. The Morgan fingerprint density at radius 2 is 1.86 bits per heavy atom. The summed E-state index contributed by atoms with van der Waals surface area (Å²) in [5.74, 6) is 1.78. The molecule has 2 aliphatic heterocycles. The molecule has 28 heavy (non-hydrogen) atoms. The third kappa shape index (κ3) is 4.54. The zero-order chi connectivity index (χ0) is 19.2. The van der Waals surface area contributed by atoms with Crippen molar-refractivity contribution < 1.29 is 19.0 Å². The molecule has 0 N–H and O–H groups in total. The summed E-state index contributed by atoms with van der Waals surface area (Å²) >= 11 is 0. The number of hydrogen-bond acceptors (Lipinski definition) is 4. The Hall–Kier alpha value is -2.79. The van der Waals surface area contributed by atoms with Gasteiger partial charge in [-0.1, -0.05) is 42.5 Å². The highest BCUT2D eigenvalue weighted by atomic mass is 16.7. The predicted molar refractivity (Wildman–Crippen MR) is 106 cm³/mol. The van der Waals surface area contributed by atoms with Gasteiger partial charge < -0.3 is 19.1 Å². The molecule has 2 aliphatic rings. The van der Waals surface area contributed by atoms with Gasteiger partial charge in [0, 0.05) is 18.7 Å². The number of benzene rings is 2. The number of allylic oxidation sites excluding steroid dienone is 1. The molecule has 5 heteroatoms. The normalized spacial score (nSPS) is 16.9. The Morgan fingerprint density at radius 1 is 1.00 bits per heavy atom. The van der Waals surface area contributed by atoms with E-state index in [1.807, 2.05) is 41.3 Å². The van der Waals surface area contributed by atoms with Crippen molar-refractivity contribution in [1.29, 1.82) is 0 Å². The highest BCUT2D eigenvalue weighted by Gasteiger charge is 2.25. The maximum atomic E-state index is 12.3. The number of amides is 1. The van der Waals surface area contributed by atoms with E-state index >= 15 is 0 Å². The minimum absolute atomic E-state index is 0.206. The summed E-state index contributed by atoms with van der Waals surface area (Å²) in [4.78, 5) is 14.2. The molecular weight excluding hydrogens is 354 g/mol. The van der Waals surface area contributed by atoms with Gasteiger partial charge in [-0.2, -0.15) is 0 Å². The van der Waals surface area contributed by atoms with Crippen LogP contribution < -0.4 is 9.47 Å². The molecule has 0 atom stereocenters. The van der Waals surface area contributed by atoms with Crippen molar-refractivity contribution in [3.63, 3.8) is 0 Å². The van der Waals surface area contributed by atoms with Crippen LogP contribution in [0.15, 0.2) is 60.3 Å². The van der Waals surface area contributed by atoms with Crippen molar-refractivity contribution in [1.82, 2.24) is 4.90 Å². The van der Waals surface area contributed by atoms with Crippen LogP contribution in [0.4, 0.5) is 0 Å². The number of carbonyl (C=O) groups excluding carboxylic acids is 1. The summed E-state index contributed by atoms with van der Waals surface area (Å²) in [5.41, 5.74) is 3.44. The standard InChI is InChI=1S/C23H25NO4/c25-23-11-9-20(7-4-14-26-16-19-5-2-1-3-6-19)24(23)13-12-18-8-10-21-22(15-18)28-17-27-21/h1-3,5-8,10,15H,4,9,11-14,16-17H2/b20-7+. The summed E-state index contributed by atoms with van der Waals surface area (Å²) in [5, 5.41) is 0. The zero-order valence-electron chi connectivity index (χ0n) is 15.9. The molecule has 2 aromatic rings. The first kappa shape index (κ1) is 18.6. The van der Waals surface area contributed by atoms with Crippen LogP contribution in [0.2, 0.25) is 0 Å². The third-order valence-corrected chi connectivity index (χ3v) is 5.06. The fourth-order valence-electron chi connectivity index (χ4n) is 3.56. The molecule has 1 saturated heterocycles. The van der Waals surface area contributed by atoms with Crippen LogP contribution in [-0.2, 0) is 22.6 Å². The summed E-state index contributed by atoms with van der Waals surface area (Å²) in [7, 11) is 0. The number of likely N-dealkylation sites (tertiary alicyclic amines) is 1. The van der Waals surface area contributed by atoms with Crippen molar-refractivity contribution >= 4 is 5.91 Å². The lowest BCUT2D eigenvalue weighted by Crippen LogP contribution is -2.25. The minimum Gasteiger partial charge on any atom is -0.454 e. The van der Waals surface area contributed by atoms with Gasteiger partial charge in [-0.15, -0.1) is 0 Å². The highest BCUT2D eigenvalue weighted by Crippen LogP contribution is 2.33. The molecule has 0 aromatic heterocycles. The SMILES string of the molecule is O=C1CC/C(=C\CCOCc2ccccc2)N1CCc1ccc2c(c1)OCO2. The summed E-state index contributed by atoms with van der Waals surface area (Å²) in [6, 6.07) is 16.1. The third-order valence-electron chi connectivity index (χ3n) is 5.06. The van der Waals surface area contributed by atoms with Crippen LogP contribution in [0.5, 0.6) is 11.5 Å². The van der Waals surface area contributed by atoms with Crippen molar-refractivity contribution in [2.45, 2.75) is 32.3 Å². The van der Waals surface area contributed by atoms with Crippen molar-refractivity contribution in [2.75, 3.05) is 19.9 Å². The average molecular weight is 379 g/mol. The number of nitrogens with zero attached hydrogens (tertiary/aromatic N) is 1. The average Bonchev–Trinajstić information content (AvgIpc) is 3.33. The molecule has 0 spiro atoms. The summed E-state index contributed by atoms with van der Waals surface area (Å²) < 4.78 is 16.5. The smallest absolute Gasteiger partial charge is 0.231 e. The number of rotatable bonds is 8. The summed E-state index contributed by atoms with van der Waals surface area (Å²) in [6.07, 6.45) is 5.17. The van der Waals surface area contributed by atoms with Gasteiger partial charge >= 0.3 is 0 Å². The Kier molecular flexibility index (Phi) is 5.92. The lowest BCUT2D eigenvalue weighted by Gasteiger charge is -2.18.